The molecule has 0 aromatic carbocycles. The topological polar surface area (TPSA) is 50.2 Å². The largest absolute Gasteiger partial charge is 0.310 e. The zero-order valence-corrected chi connectivity index (χ0v) is 14.2. The fourth-order valence-electron chi connectivity index (χ4n) is 2.97. The number of nitrogens with zero attached hydrogens (tertiary/aromatic N) is 3. The van der Waals surface area contributed by atoms with Crippen LogP contribution in [-0.2, 0) is 11.8 Å². The van der Waals surface area contributed by atoms with E-state index in [4.69, 9.17) is 0 Å². The van der Waals surface area contributed by atoms with Crippen LogP contribution in [0, 0.1) is 6.92 Å². The Morgan fingerprint density at radius 3 is 2.95 bits per heavy atom. The summed E-state index contributed by atoms with van der Waals surface area (Å²) >= 11 is 2.05. The summed E-state index contributed by atoms with van der Waals surface area (Å²) in [6.45, 7) is 4.58. The van der Waals surface area contributed by atoms with Crippen LogP contribution in [0.15, 0.2) is 6.07 Å². The maximum Gasteiger partial charge on any atom is 0.239 e. The number of hydrogen-bond donors (Lipinski definition) is 1. The molecule has 0 saturated heterocycles. The maximum absolute atomic E-state index is 12.1. The lowest BCUT2D eigenvalue weighted by atomic mass is 10.2. The predicted molar refractivity (Wildman–Crippen MR) is 88.8 cm³/mol. The number of thioether (sulfide) groups is 1. The minimum atomic E-state index is 0.0343. The van der Waals surface area contributed by atoms with Crippen LogP contribution in [0.25, 0.3) is 0 Å². The summed E-state index contributed by atoms with van der Waals surface area (Å²) in [4.78, 5) is 14.3. The molecule has 1 aromatic rings. The number of anilines is 1. The van der Waals surface area contributed by atoms with Gasteiger partial charge >= 0.3 is 0 Å². The molecular formula is C15H26N4OS. The number of amides is 1. The summed E-state index contributed by atoms with van der Waals surface area (Å²) in [5.74, 6) is 1.98. The fourth-order valence-corrected chi connectivity index (χ4v) is 4.10. The third-order valence-corrected chi connectivity index (χ3v) is 5.28. The summed E-state index contributed by atoms with van der Waals surface area (Å²) in [6, 6.07) is 2.43. The van der Waals surface area contributed by atoms with E-state index in [9.17, 15) is 4.79 Å². The van der Waals surface area contributed by atoms with E-state index in [1.54, 1.807) is 4.68 Å². The normalized spacial score (nSPS) is 22.0. The van der Waals surface area contributed by atoms with E-state index in [0.29, 0.717) is 12.6 Å². The number of hydrogen-bond acceptors (Lipinski definition) is 4. The van der Waals surface area contributed by atoms with Crippen LogP contribution in [-0.4, -0.2) is 51.2 Å². The van der Waals surface area contributed by atoms with Gasteiger partial charge in [0.25, 0.3) is 0 Å². The molecule has 0 radical (unpaired) electrons. The Balaban J connectivity index is 1.81. The van der Waals surface area contributed by atoms with E-state index in [1.807, 2.05) is 31.8 Å². The van der Waals surface area contributed by atoms with Crippen LogP contribution in [0.3, 0.4) is 0 Å². The molecule has 1 N–H and O–H groups in total. The zero-order valence-electron chi connectivity index (χ0n) is 13.4. The lowest BCUT2D eigenvalue weighted by Crippen LogP contribution is -2.37. The number of carbonyl (C=O) groups is 1. The molecule has 0 spiro atoms. The molecule has 1 aromatic heterocycles. The van der Waals surface area contributed by atoms with E-state index in [-0.39, 0.29) is 5.91 Å². The minimum Gasteiger partial charge on any atom is -0.310 e. The Bertz CT molecular complexity index is 488. The maximum atomic E-state index is 12.1. The van der Waals surface area contributed by atoms with Gasteiger partial charge in [0.15, 0.2) is 0 Å². The van der Waals surface area contributed by atoms with E-state index in [2.05, 4.69) is 29.3 Å². The Morgan fingerprint density at radius 2 is 2.33 bits per heavy atom. The molecule has 0 bridgehead atoms. The van der Waals surface area contributed by atoms with Gasteiger partial charge < -0.3 is 5.32 Å². The highest BCUT2D eigenvalue weighted by Crippen LogP contribution is 2.32. The molecule has 2 unspecified atom stereocenters. The van der Waals surface area contributed by atoms with Gasteiger partial charge in [-0.3, -0.25) is 14.4 Å². The van der Waals surface area contributed by atoms with Crippen LogP contribution in [0.1, 0.15) is 31.9 Å². The summed E-state index contributed by atoms with van der Waals surface area (Å²) in [7, 11) is 3.90. The van der Waals surface area contributed by atoms with Crippen molar-refractivity contribution in [2.24, 2.45) is 7.05 Å². The second-order valence-electron chi connectivity index (χ2n) is 5.80. The summed E-state index contributed by atoms with van der Waals surface area (Å²) < 4.78 is 1.71. The van der Waals surface area contributed by atoms with E-state index in [0.717, 1.165) is 16.8 Å². The monoisotopic (exact) mass is 310 g/mol. The average Bonchev–Trinajstić information content (AvgIpc) is 2.97. The predicted octanol–water partition coefficient (Wildman–Crippen LogP) is 2.27. The van der Waals surface area contributed by atoms with Crippen LogP contribution < -0.4 is 5.32 Å². The third kappa shape index (κ3) is 4.48. The van der Waals surface area contributed by atoms with Crippen molar-refractivity contribution in [3.8, 4) is 0 Å². The van der Waals surface area contributed by atoms with Crippen molar-refractivity contribution >= 4 is 23.5 Å². The summed E-state index contributed by atoms with van der Waals surface area (Å²) in [5.41, 5.74) is 0.913. The highest BCUT2D eigenvalue weighted by Gasteiger charge is 2.28. The molecule has 118 valence electrons. The van der Waals surface area contributed by atoms with Crippen molar-refractivity contribution in [3.63, 3.8) is 0 Å². The Labute approximate surface area is 131 Å². The van der Waals surface area contributed by atoms with Crippen molar-refractivity contribution in [1.82, 2.24) is 14.7 Å². The Morgan fingerprint density at radius 1 is 1.57 bits per heavy atom. The van der Waals surface area contributed by atoms with Crippen LogP contribution in [0.2, 0.25) is 0 Å². The van der Waals surface area contributed by atoms with Gasteiger partial charge in [-0.25, -0.2) is 0 Å². The average molecular weight is 310 g/mol. The van der Waals surface area contributed by atoms with Crippen LogP contribution >= 0.6 is 11.8 Å². The lowest BCUT2D eigenvalue weighted by molar-refractivity contribution is -0.117. The molecule has 1 amide bonds. The number of aryl methyl sites for hydroxylation is 2. The van der Waals surface area contributed by atoms with Gasteiger partial charge in [-0.2, -0.15) is 16.9 Å². The first-order valence-corrected chi connectivity index (χ1v) is 8.66. The second kappa shape index (κ2) is 7.31. The molecule has 0 aliphatic heterocycles. The molecule has 1 heterocycles. The quantitative estimate of drug-likeness (QED) is 0.876. The van der Waals surface area contributed by atoms with Gasteiger partial charge in [-0.1, -0.05) is 6.92 Å². The number of aromatic nitrogens is 2. The van der Waals surface area contributed by atoms with Gasteiger partial charge in [0, 0.05) is 24.4 Å². The van der Waals surface area contributed by atoms with Crippen molar-refractivity contribution in [1.29, 1.82) is 0 Å². The molecule has 5 nitrogen and oxygen atoms in total. The molecule has 2 rings (SSSR count). The molecule has 1 saturated carbocycles. The summed E-state index contributed by atoms with van der Waals surface area (Å²) in [5, 5.41) is 7.94. The first-order chi connectivity index (χ1) is 9.99. The first kappa shape index (κ1) is 16.4. The molecule has 1 fully saturated rings. The Hall–Kier alpha value is -1.01. The molecule has 1 aliphatic rings. The fraction of sp³-hybridized carbons (Fsp3) is 0.733. The highest BCUT2D eigenvalue weighted by molar-refractivity contribution is 7.99. The Kier molecular flexibility index (Phi) is 5.70. The van der Waals surface area contributed by atoms with Crippen molar-refractivity contribution in [2.75, 3.05) is 24.7 Å². The van der Waals surface area contributed by atoms with Gasteiger partial charge in [0.2, 0.25) is 5.91 Å². The van der Waals surface area contributed by atoms with E-state index < -0.39 is 0 Å². The highest BCUT2D eigenvalue weighted by atomic mass is 32.2. The lowest BCUT2D eigenvalue weighted by Gasteiger charge is -2.23. The van der Waals surface area contributed by atoms with Gasteiger partial charge in [0.05, 0.1) is 12.2 Å². The van der Waals surface area contributed by atoms with Gasteiger partial charge in [-0.15, -0.1) is 0 Å². The molecule has 2 atom stereocenters. The van der Waals surface area contributed by atoms with Crippen LogP contribution in [0.4, 0.5) is 5.82 Å². The second-order valence-corrected chi connectivity index (χ2v) is 7.38. The molecular weight excluding hydrogens is 284 g/mol. The molecule has 21 heavy (non-hydrogen) atoms. The third-order valence-electron chi connectivity index (χ3n) is 4.05. The minimum absolute atomic E-state index is 0.0343. The molecule has 1 aliphatic carbocycles. The number of likely N-dealkylation sites (N-methyl/N-ethyl adjacent to an activating group) is 1. The van der Waals surface area contributed by atoms with Crippen molar-refractivity contribution < 1.29 is 4.79 Å². The smallest absolute Gasteiger partial charge is 0.239 e. The summed E-state index contributed by atoms with van der Waals surface area (Å²) in [6.07, 6.45) is 3.68. The number of carbonyl (C=O) groups excluding carboxylic acids is 1. The zero-order chi connectivity index (χ0) is 15.4. The van der Waals surface area contributed by atoms with E-state index in [1.165, 1.54) is 25.0 Å². The van der Waals surface area contributed by atoms with E-state index >= 15 is 0 Å². The first-order valence-electron chi connectivity index (χ1n) is 7.62. The van der Waals surface area contributed by atoms with Gasteiger partial charge in [-0.05, 0) is 39.0 Å². The van der Waals surface area contributed by atoms with Crippen molar-refractivity contribution in [2.45, 2.75) is 44.4 Å². The number of nitrogens with one attached hydrogen (secondary N) is 1. The van der Waals surface area contributed by atoms with Crippen LogP contribution in [0.5, 0.6) is 0 Å². The molecule has 6 heteroatoms. The van der Waals surface area contributed by atoms with Crippen molar-refractivity contribution in [3.05, 3.63) is 11.8 Å². The SMILES string of the molecule is CCSC1CCC(N(C)CC(=O)Nc2cc(C)nn2C)C1. The number of rotatable bonds is 6. The standard InChI is InChI=1S/C15H26N4OS/c1-5-21-13-7-6-12(9-13)18(3)10-15(20)16-14-8-11(2)17-19(14)4/h8,12-13H,5-7,9-10H2,1-4H3,(H,16,20). The van der Waals surface area contributed by atoms with Gasteiger partial charge in [0.1, 0.15) is 5.82 Å².